The summed E-state index contributed by atoms with van der Waals surface area (Å²) in [6.45, 7) is 2.20. The minimum absolute atomic E-state index is 0.396. The van der Waals surface area contributed by atoms with Gasteiger partial charge in [-0.05, 0) is 6.42 Å². The van der Waals surface area contributed by atoms with E-state index in [4.69, 9.17) is 0 Å². The average Bonchev–Trinajstić information content (AvgIpc) is 2.30. The van der Waals surface area contributed by atoms with Gasteiger partial charge in [-0.25, -0.2) is 9.97 Å². The van der Waals surface area contributed by atoms with Gasteiger partial charge in [0, 0.05) is 18.0 Å². The molecule has 0 bridgehead atoms. The van der Waals surface area contributed by atoms with E-state index in [-0.39, 0.29) is 0 Å². The Hall–Kier alpha value is -0.960. The molecule has 0 aliphatic carbocycles. The van der Waals surface area contributed by atoms with Crippen molar-refractivity contribution in [1.82, 2.24) is 9.97 Å². The quantitative estimate of drug-likeness (QED) is 0.701. The van der Waals surface area contributed by atoms with E-state index in [1.165, 1.54) is 32.0 Å². The molecule has 1 rings (SSSR count). The van der Waals surface area contributed by atoms with Gasteiger partial charge in [0.2, 0.25) is 0 Å². The fraction of sp³-hybridized carbons (Fsp3) is 0.667. The second kappa shape index (κ2) is 7.35. The van der Waals surface area contributed by atoms with Crippen LogP contribution in [0.5, 0.6) is 0 Å². The molecule has 0 radical (unpaired) electrons. The third-order valence-corrected chi connectivity index (χ3v) is 2.55. The van der Waals surface area contributed by atoms with Crippen LogP contribution in [0, 0.1) is 0 Å². The van der Waals surface area contributed by atoms with Crippen molar-refractivity contribution in [2.45, 2.75) is 51.6 Å². The molecule has 3 nitrogen and oxygen atoms in total. The highest BCUT2D eigenvalue weighted by molar-refractivity contribution is 5.05. The number of rotatable bonds is 7. The lowest BCUT2D eigenvalue weighted by Crippen LogP contribution is -1.98. The predicted molar refractivity (Wildman–Crippen MR) is 60.4 cm³/mol. The first-order valence-electron chi connectivity index (χ1n) is 5.77. The van der Waals surface area contributed by atoms with Gasteiger partial charge in [0.25, 0.3) is 0 Å². The number of hydrogen-bond acceptors (Lipinski definition) is 3. The van der Waals surface area contributed by atoms with E-state index in [2.05, 4.69) is 16.9 Å². The molecular weight excluding hydrogens is 188 g/mol. The van der Waals surface area contributed by atoms with Crippen LogP contribution in [0.4, 0.5) is 0 Å². The van der Waals surface area contributed by atoms with Crippen molar-refractivity contribution >= 4 is 0 Å². The highest BCUT2D eigenvalue weighted by atomic mass is 16.3. The Labute approximate surface area is 91.6 Å². The maximum absolute atomic E-state index is 9.80. The van der Waals surface area contributed by atoms with Crippen molar-refractivity contribution in [3.8, 4) is 0 Å². The molecule has 0 amide bonds. The zero-order valence-corrected chi connectivity index (χ0v) is 9.39. The number of aromatic nitrogens is 2. The van der Waals surface area contributed by atoms with Crippen molar-refractivity contribution in [1.29, 1.82) is 0 Å². The Morgan fingerprint density at radius 3 is 2.47 bits per heavy atom. The van der Waals surface area contributed by atoms with Crippen LogP contribution in [0.25, 0.3) is 0 Å². The molecule has 1 heterocycles. The molecule has 1 aromatic rings. The van der Waals surface area contributed by atoms with Gasteiger partial charge in [-0.15, -0.1) is 0 Å². The molecule has 1 aromatic heterocycles. The summed E-state index contributed by atoms with van der Waals surface area (Å²) in [4.78, 5) is 7.78. The van der Waals surface area contributed by atoms with Crippen LogP contribution < -0.4 is 0 Å². The normalized spacial score (nSPS) is 12.7. The molecule has 0 fully saturated rings. The van der Waals surface area contributed by atoms with Gasteiger partial charge >= 0.3 is 0 Å². The van der Waals surface area contributed by atoms with Crippen LogP contribution in [-0.4, -0.2) is 15.1 Å². The van der Waals surface area contributed by atoms with Gasteiger partial charge in [0.1, 0.15) is 6.33 Å². The van der Waals surface area contributed by atoms with Crippen LogP contribution in [0.3, 0.4) is 0 Å². The summed E-state index contributed by atoms with van der Waals surface area (Å²) >= 11 is 0. The average molecular weight is 208 g/mol. The molecule has 0 aromatic carbocycles. The summed E-state index contributed by atoms with van der Waals surface area (Å²) in [5.41, 5.74) is 0.827. The second-order valence-corrected chi connectivity index (χ2v) is 3.89. The van der Waals surface area contributed by atoms with Crippen LogP contribution in [0.15, 0.2) is 18.7 Å². The van der Waals surface area contributed by atoms with Crippen LogP contribution in [0.1, 0.15) is 57.1 Å². The Morgan fingerprint density at radius 1 is 1.13 bits per heavy atom. The largest absolute Gasteiger partial charge is 0.388 e. The molecular formula is C12H20N2O. The predicted octanol–water partition coefficient (Wildman–Crippen LogP) is 2.87. The van der Waals surface area contributed by atoms with Crippen LogP contribution >= 0.6 is 0 Å². The van der Waals surface area contributed by atoms with E-state index < -0.39 is 6.10 Å². The summed E-state index contributed by atoms with van der Waals surface area (Å²) in [5.74, 6) is 0. The summed E-state index contributed by atoms with van der Waals surface area (Å²) < 4.78 is 0. The van der Waals surface area contributed by atoms with E-state index in [1.54, 1.807) is 12.4 Å². The highest BCUT2D eigenvalue weighted by Gasteiger charge is 2.06. The second-order valence-electron chi connectivity index (χ2n) is 3.89. The molecule has 84 valence electrons. The van der Waals surface area contributed by atoms with Gasteiger partial charge < -0.3 is 5.11 Å². The van der Waals surface area contributed by atoms with Crippen molar-refractivity contribution < 1.29 is 5.11 Å². The minimum Gasteiger partial charge on any atom is -0.388 e. The third-order valence-electron chi connectivity index (χ3n) is 2.55. The Balaban J connectivity index is 2.16. The molecule has 15 heavy (non-hydrogen) atoms. The van der Waals surface area contributed by atoms with Crippen molar-refractivity contribution in [3.05, 3.63) is 24.3 Å². The van der Waals surface area contributed by atoms with E-state index in [1.807, 2.05) is 0 Å². The number of aliphatic hydroxyl groups excluding tert-OH is 1. The Morgan fingerprint density at radius 2 is 1.80 bits per heavy atom. The Bertz CT molecular complexity index is 251. The van der Waals surface area contributed by atoms with E-state index in [0.717, 1.165) is 18.4 Å². The van der Waals surface area contributed by atoms with Crippen molar-refractivity contribution in [3.63, 3.8) is 0 Å². The summed E-state index contributed by atoms with van der Waals surface area (Å²) in [6.07, 6.45) is 11.4. The van der Waals surface area contributed by atoms with Gasteiger partial charge in [-0.2, -0.15) is 0 Å². The monoisotopic (exact) mass is 208 g/mol. The van der Waals surface area contributed by atoms with E-state index in [0.29, 0.717) is 0 Å². The van der Waals surface area contributed by atoms with Gasteiger partial charge in [-0.1, -0.05) is 39.0 Å². The summed E-state index contributed by atoms with van der Waals surface area (Å²) in [6, 6.07) is 0. The third kappa shape index (κ3) is 4.88. The molecule has 1 atom stereocenters. The first-order valence-corrected chi connectivity index (χ1v) is 5.77. The smallest absolute Gasteiger partial charge is 0.115 e. The topological polar surface area (TPSA) is 46.0 Å². The van der Waals surface area contributed by atoms with E-state index in [9.17, 15) is 5.11 Å². The van der Waals surface area contributed by atoms with Crippen LogP contribution in [-0.2, 0) is 0 Å². The van der Waals surface area contributed by atoms with Gasteiger partial charge in [0.15, 0.2) is 0 Å². The fourth-order valence-corrected chi connectivity index (χ4v) is 1.59. The molecule has 1 unspecified atom stereocenters. The van der Waals surface area contributed by atoms with Crippen molar-refractivity contribution in [2.24, 2.45) is 0 Å². The molecule has 0 aliphatic rings. The number of nitrogens with zero attached hydrogens (tertiary/aromatic N) is 2. The fourth-order valence-electron chi connectivity index (χ4n) is 1.59. The highest BCUT2D eigenvalue weighted by Crippen LogP contribution is 2.18. The van der Waals surface area contributed by atoms with Crippen LogP contribution in [0.2, 0.25) is 0 Å². The summed E-state index contributed by atoms with van der Waals surface area (Å²) in [5, 5.41) is 9.80. The maximum Gasteiger partial charge on any atom is 0.115 e. The molecule has 1 N–H and O–H groups in total. The molecule has 3 heteroatoms. The lowest BCUT2D eigenvalue weighted by molar-refractivity contribution is 0.162. The number of hydrogen-bond donors (Lipinski definition) is 1. The maximum atomic E-state index is 9.80. The number of unbranched alkanes of at least 4 members (excludes halogenated alkanes) is 4. The lowest BCUT2D eigenvalue weighted by Gasteiger charge is -2.09. The molecule has 0 saturated heterocycles. The zero-order chi connectivity index (χ0) is 10.9. The standard InChI is InChI=1S/C12H20N2O/c1-2-3-4-5-6-7-12(15)11-8-13-10-14-9-11/h8-10,12,15H,2-7H2,1H3. The van der Waals surface area contributed by atoms with Gasteiger partial charge in [0.05, 0.1) is 6.10 Å². The first kappa shape index (κ1) is 12.1. The van der Waals surface area contributed by atoms with Gasteiger partial charge in [-0.3, -0.25) is 0 Å². The summed E-state index contributed by atoms with van der Waals surface area (Å²) in [7, 11) is 0. The molecule has 0 saturated carbocycles. The van der Waals surface area contributed by atoms with E-state index >= 15 is 0 Å². The minimum atomic E-state index is -0.396. The number of aliphatic hydroxyl groups is 1. The molecule has 0 aliphatic heterocycles. The molecule has 0 spiro atoms. The van der Waals surface area contributed by atoms with Crippen molar-refractivity contribution in [2.75, 3.05) is 0 Å². The first-order chi connectivity index (χ1) is 7.34. The zero-order valence-electron chi connectivity index (χ0n) is 9.39. The lowest BCUT2D eigenvalue weighted by atomic mass is 10.0. The Kier molecular flexibility index (Phi) is 5.93. The SMILES string of the molecule is CCCCCCCC(O)c1cncnc1.